The van der Waals surface area contributed by atoms with E-state index in [4.69, 9.17) is 10.9 Å². The maximum absolute atomic E-state index is 8.68. The molecule has 0 saturated heterocycles. The van der Waals surface area contributed by atoms with E-state index >= 15 is 0 Å². The smallest absolute Gasteiger partial charge is 0.188 e. The Balaban J connectivity index is 2.36. The summed E-state index contributed by atoms with van der Waals surface area (Å²) in [4.78, 5) is 6.31. The number of amidine groups is 1. The summed E-state index contributed by atoms with van der Waals surface area (Å²) in [6, 6.07) is 13.5. The maximum atomic E-state index is 8.68. The van der Waals surface area contributed by atoms with Crippen LogP contribution >= 0.6 is 0 Å². The fourth-order valence-electron chi connectivity index (χ4n) is 1.77. The van der Waals surface area contributed by atoms with Gasteiger partial charge in [-0.1, -0.05) is 23.4 Å². The van der Waals surface area contributed by atoms with Gasteiger partial charge in [0.15, 0.2) is 5.84 Å². The molecule has 98 valence electrons. The Bertz CT molecular complexity index is 610. The normalized spacial score (nSPS) is 11.4. The molecule has 0 fully saturated rings. The zero-order chi connectivity index (χ0) is 13.8. The third kappa shape index (κ3) is 2.82. The monoisotopic (exact) mass is 256 g/mol. The van der Waals surface area contributed by atoms with Crippen LogP contribution in [0, 0.1) is 6.92 Å². The largest absolute Gasteiger partial charge is 0.409 e. The summed E-state index contributed by atoms with van der Waals surface area (Å²) in [6.45, 7) is 2.04. The standard InChI is InChI=1S/C14H16N4O/c1-10-5-3-6-11(9-10)18(2)13-8-4-7-12(16-13)14(15)17-19/h3-9,19H,1-2H3,(H2,15,17). The van der Waals surface area contributed by atoms with E-state index < -0.39 is 0 Å². The van der Waals surface area contributed by atoms with Crippen LogP contribution in [0.1, 0.15) is 11.3 Å². The molecule has 0 aliphatic heterocycles. The Morgan fingerprint density at radius 3 is 2.68 bits per heavy atom. The second kappa shape index (κ2) is 5.39. The highest BCUT2D eigenvalue weighted by molar-refractivity contribution is 5.95. The Morgan fingerprint density at radius 2 is 2.00 bits per heavy atom. The van der Waals surface area contributed by atoms with Gasteiger partial charge in [0.2, 0.25) is 0 Å². The van der Waals surface area contributed by atoms with Crippen LogP contribution in [0.2, 0.25) is 0 Å². The number of aryl methyl sites for hydroxylation is 1. The topological polar surface area (TPSA) is 74.7 Å². The number of pyridine rings is 1. The van der Waals surface area contributed by atoms with E-state index in [2.05, 4.69) is 16.2 Å². The molecular formula is C14H16N4O. The zero-order valence-corrected chi connectivity index (χ0v) is 10.9. The average molecular weight is 256 g/mol. The highest BCUT2D eigenvalue weighted by atomic mass is 16.4. The van der Waals surface area contributed by atoms with Crippen molar-refractivity contribution in [3.05, 3.63) is 53.7 Å². The lowest BCUT2D eigenvalue weighted by Gasteiger charge is -2.19. The molecule has 0 amide bonds. The molecule has 0 bridgehead atoms. The Labute approximate surface area is 112 Å². The van der Waals surface area contributed by atoms with Crippen LogP contribution in [0.3, 0.4) is 0 Å². The fourth-order valence-corrected chi connectivity index (χ4v) is 1.77. The minimum absolute atomic E-state index is 0.000470. The van der Waals surface area contributed by atoms with Gasteiger partial charge in [-0.15, -0.1) is 0 Å². The molecule has 5 heteroatoms. The highest BCUT2D eigenvalue weighted by Gasteiger charge is 2.08. The lowest BCUT2D eigenvalue weighted by molar-refractivity contribution is 0.318. The van der Waals surface area contributed by atoms with Crippen molar-refractivity contribution in [3.8, 4) is 0 Å². The maximum Gasteiger partial charge on any atom is 0.188 e. The Hall–Kier alpha value is -2.56. The summed E-state index contributed by atoms with van der Waals surface area (Å²) < 4.78 is 0. The quantitative estimate of drug-likeness (QED) is 0.382. The first-order valence-corrected chi connectivity index (χ1v) is 5.87. The molecule has 0 spiro atoms. The summed E-state index contributed by atoms with van der Waals surface area (Å²) in [5, 5.41) is 11.6. The molecule has 0 unspecified atom stereocenters. The van der Waals surface area contributed by atoms with Crippen molar-refractivity contribution >= 4 is 17.3 Å². The number of nitrogens with two attached hydrogens (primary N) is 1. The van der Waals surface area contributed by atoms with Gasteiger partial charge in [0.1, 0.15) is 11.5 Å². The third-order valence-corrected chi connectivity index (χ3v) is 2.84. The first kappa shape index (κ1) is 12.9. The van der Waals surface area contributed by atoms with Crippen LogP contribution in [0.25, 0.3) is 0 Å². The van der Waals surface area contributed by atoms with Gasteiger partial charge in [-0.2, -0.15) is 0 Å². The fraction of sp³-hybridized carbons (Fsp3) is 0.143. The summed E-state index contributed by atoms with van der Waals surface area (Å²) >= 11 is 0. The van der Waals surface area contributed by atoms with Crippen LogP contribution in [-0.4, -0.2) is 23.1 Å². The van der Waals surface area contributed by atoms with Crippen molar-refractivity contribution in [2.24, 2.45) is 10.9 Å². The van der Waals surface area contributed by atoms with Crippen molar-refractivity contribution in [1.29, 1.82) is 0 Å². The molecule has 0 radical (unpaired) electrons. The van der Waals surface area contributed by atoms with Crippen molar-refractivity contribution in [3.63, 3.8) is 0 Å². The SMILES string of the molecule is Cc1cccc(N(C)c2cccc(C(N)=NO)n2)c1. The lowest BCUT2D eigenvalue weighted by Crippen LogP contribution is -2.18. The molecule has 0 atom stereocenters. The minimum Gasteiger partial charge on any atom is -0.409 e. The molecule has 5 nitrogen and oxygen atoms in total. The molecule has 2 rings (SSSR count). The van der Waals surface area contributed by atoms with Crippen LogP contribution in [0.4, 0.5) is 11.5 Å². The molecule has 0 aliphatic rings. The highest BCUT2D eigenvalue weighted by Crippen LogP contribution is 2.22. The Kier molecular flexibility index (Phi) is 3.66. The van der Waals surface area contributed by atoms with Crippen LogP contribution < -0.4 is 10.6 Å². The minimum atomic E-state index is -0.000470. The van der Waals surface area contributed by atoms with Gasteiger partial charge in [0.05, 0.1) is 0 Å². The van der Waals surface area contributed by atoms with E-state index in [1.54, 1.807) is 6.07 Å². The first-order chi connectivity index (χ1) is 9.11. The number of benzene rings is 1. The lowest BCUT2D eigenvalue weighted by atomic mass is 10.2. The van der Waals surface area contributed by atoms with Gasteiger partial charge in [-0.05, 0) is 36.8 Å². The molecular weight excluding hydrogens is 240 g/mol. The molecule has 1 aromatic heterocycles. The van der Waals surface area contributed by atoms with E-state index in [-0.39, 0.29) is 5.84 Å². The van der Waals surface area contributed by atoms with E-state index in [1.165, 1.54) is 5.56 Å². The average Bonchev–Trinajstić information content (AvgIpc) is 2.45. The van der Waals surface area contributed by atoms with Gasteiger partial charge >= 0.3 is 0 Å². The number of oxime groups is 1. The van der Waals surface area contributed by atoms with Crippen LogP contribution in [0.15, 0.2) is 47.6 Å². The molecule has 0 aliphatic carbocycles. The Morgan fingerprint density at radius 1 is 1.26 bits per heavy atom. The van der Waals surface area contributed by atoms with Gasteiger partial charge in [0, 0.05) is 12.7 Å². The number of anilines is 2. The summed E-state index contributed by atoms with van der Waals surface area (Å²) in [7, 11) is 1.92. The second-order valence-corrected chi connectivity index (χ2v) is 4.26. The molecule has 19 heavy (non-hydrogen) atoms. The van der Waals surface area contributed by atoms with Gasteiger partial charge in [-0.25, -0.2) is 4.98 Å². The molecule has 0 saturated carbocycles. The van der Waals surface area contributed by atoms with Gasteiger partial charge in [0.25, 0.3) is 0 Å². The zero-order valence-electron chi connectivity index (χ0n) is 10.9. The van der Waals surface area contributed by atoms with Crippen molar-refractivity contribution in [2.45, 2.75) is 6.92 Å². The molecule has 2 aromatic rings. The summed E-state index contributed by atoms with van der Waals surface area (Å²) in [6.07, 6.45) is 0. The van der Waals surface area contributed by atoms with E-state index in [0.29, 0.717) is 5.69 Å². The van der Waals surface area contributed by atoms with Crippen LogP contribution in [-0.2, 0) is 0 Å². The van der Waals surface area contributed by atoms with Gasteiger partial charge in [-0.3, -0.25) is 0 Å². The number of hydrogen-bond donors (Lipinski definition) is 2. The predicted octanol–water partition coefficient (Wildman–Crippen LogP) is 2.25. The summed E-state index contributed by atoms with van der Waals surface area (Å²) in [5.74, 6) is 0.731. The van der Waals surface area contributed by atoms with E-state index in [1.807, 2.05) is 49.2 Å². The first-order valence-electron chi connectivity index (χ1n) is 5.87. The van der Waals surface area contributed by atoms with Gasteiger partial charge < -0.3 is 15.8 Å². The second-order valence-electron chi connectivity index (χ2n) is 4.26. The van der Waals surface area contributed by atoms with Crippen molar-refractivity contribution in [2.75, 3.05) is 11.9 Å². The molecule has 1 heterocycles. The van der Waals surface area contributed by atoms with Crippen molar-refractivity contribution < 1.29 is 5.21 Å². The number of rotatable bonds is 3. The predicted molar refractivity (Wildman–Crippen MR) is 76.0 cm³/mol. The van der Waals surface area contributed by atoms with E-state index in [9.17, 15) is 0 Å². The van der Waals surface area contributed by atoms with Crippen LogP contribution in [0.5, 0.6) is 0 Å². The van der Waals surface area contributed by atoms with E-state index in [0.717, 1.165) is 11.5 Å². The number of hydrogen-bond acceptors (Lipinski definition) is 4. The number of aromatic nitrogens is 1. The molecule has 1 aromatic carbocycles. The third-order valence-electron chi connectivity index (χ3n) is 2.84. The molecule has 3 N–H and O–H groups in total. The van der Waals surface area contributed by atoms with Crippen molar-refractivity contribution in [1.82, 2.24) is 4.98 Å². The summed E-state index contributed by atoms with van der Waals surface area (Å²) in [5.41, 5.74) is 8.20. The number of nitrogens with zero attached hydrogens (tertiary/aromatic N) is 3.